The molecule has 0 heterocycles. The van der Waals surface area contributed by atoms with E-state index in [-0.39, 0.29) is 10.6 Å². The van der Waals surface area contributed by atoms with Gasteiger partial charge < -0.3 is 0 Å². The van der Waals surface area contributed by atoms with Crippen LogP contribution in [-0.2, 0) is 0 Å². The molecule has 64 valence electrons. The van der Waals surface area contributed by atoms with E-state index in [9.17, 15) is 14.5 Å². The molecular formula is C7H5ClFNO2. The number of hydrogen-bond acceptors (Lipinski definition) is 2. The van der Waals surface area contributed by atoms with E-state index in [0.717, 1.165) is 6.07 Å². The zero-order valence-electron chi connectivity index (χ0n) is 6.17. The van der Waals surface area contributed by atoms with Crippen LogP contribution < -0.4 is 0 Å². The van der Waals surface area contributed by atoms with Crippen LogP contribution in [0.3, 0.4) is 0 Å². The Kier molecular flexibility index (Phi) is 2.28. The topological polar surface area (TPSA) is 43.1 Å². The third-order valence-electron chi connectivity index (χ3n) is 1.40. The highest BCUT2D eigenvalue weighted by molar-refractivity contribution is 6.30. The third-order valence-corrected chi connectivity index (χ3v) is 1.62. The molecule has 0 amide bonds. The molecule has 0 aromatic heterocycles. The quantitative estimate of drug-likeness (QED) is 0.504. The molecular weight excluding hydrogens is 185 g/mol. The molecule has 0 saturated heterocycles. The van der Waals surface area contributed by atoms with Crippen molar-refractivity contribution in [2.45, 2.75) is 6.92 Å². The summed E-state index contributed by atoms with van der Waals surface area (Å²) in [6.07, 6.45) is 0. The van der Waals surface area contributed by atoms with Crippen LogP contribution in [0.25, 0.3) is 0 Å². The van der Waals surface area contributed by atoms with Crippen LogP contribution in [0.5, 0.6) is 0 Å². The normalized spacial score (nSPS) is 9.92. The van der Waals surface area contributed by atoms with Crippen molar-refractivity contribution in [3.8, 4) is 0 Å². The van der Waals surface area contributed by atoms with Gasteiger partial charge in [0, 0.05) is 11.1 Å². The summed E-state index contributed by atoms with van der Waals surface area (Å²) >= 11 is 5.50. The Morgan fingerprint density at radius 2 is 2.17 bits per heavy atom. The van der Waals surface area contributed by atoms with E-state index in [0.29, 0.717) is 0 Å². The molecule has 0 aliphatic carbocycles. The minimum absolute atomic E-state index is 0.167. The highest BCUT2D eigenvalue weighted by atomic mass is 35.5. The van der Waals surface area contributed by atoms with Gasteiger partial charge in [-0.15, -0.1) is 0 Å². The SMILES string of the molecule is Cc1cc(Cl)cc([N+](=O)[O-])c1F. The molecule has 0 fully saturated rings. The van der Waals surface area contributed by atoms with E-state index in [1.807, 2.05) is 0 Å². The smallest absolute Gasteiger partial charge is 0.258 e. The molecule has 0 aliphatic rings. The monoisotopic (exact) mass is 189 g/mol. The van der Waals surface area contributed by atoms with Gasteiger partial charge in [-0.05, 0) is 18.6 Å². The Labute approximate surface area is 72.9 Å². The molecule has 0 aliphatic heterocycles. The molecule has 0 spiro atoms. The van der Waals surface area contributed by atoms with Crippen LogP contribution in [0.15, 0.2) is 12.1 Å². The lowest BCUT2D eigenvalue weighted by atomic mass is 10.2. The molecule has 0 atom stereocenters. The fraction of sp³-hybridized carbons (Fsp3) is 0.143. The van der Waals surface area contributed by atoms with Gasteiger partial charge in [0.1, 0.15) is 0 Å². The van der Waals surface area contributed by atoms with Crippen molar-refractivity contribution < 1.29 is 9.31 Å². The summed E-state index contributed by atoms with van der Waals surface area (Å²) in [6.45, 7) is 1.42. The van der Waals surface area contributed by atoms with Crippen LogP contribution >= 0.6 is 11.6 Å². The number of nitro groups is 1. The van der Waals surface area contributed by atoms with Gasteiger partial charge >= 0.3 is 5.69 Å². The fourth-order valence-electron chi connectivity index (χ4n) is 0.841. The summed E-state index contributed by atoms with van der Waals surface area (Å²) in [6, 6.07) is 2.33. The van der Waals surface area contributed by atoms with Crippen LogP contribution in [-0.4, -0.2) is 4.92 Å². The summed E-state index contributed by atoms with van der Waals surface area (Å²) in [5.74, 6) is -0.829. The van der Waals surface area contributed by atoms with Crippen molar-refractivity contribution in [1.29, 1.82) is 0 Å². The van der Waals surface area contributed by atoms with Gasteiger partial charge in [-0.25, -0.2) is 0 Å². The second-order valence-corrected chi connectivity index (χ2v) is 2.75. The van der Waals surface area contributed by atoms with Gasteiger partial charge in [-0.2, -0.15) is 4.39 Å². The zero-order chi connectivity index (χ0) is 9.30. The number of hydrogen-bond donors (Lipinski definition) is 0. The summed E-state index contributed by atoms with van der Waals surface area (Å²) < 4.78 is 12.9. The first-order valence-electron chi connectivity index (χ1n) is 3.12. The molecule has 1 aromatic rings. The Morgan fingerprint density at radius 3 is 2.67 bits per heavy atom. The summed E-state index contributed by atoms with van der Waals surface area (Å²) in [5, 5.41) is 10.4. The molecule has 0 radical (unpaired) electrons. The molecule has 3 nitrogen and oxygen atoms in total. The predicted octanol–water partition coefficient (Wildman–Crippen LogP) is 2.70. The van der Waals surface area contributed by atoms with Crippen molar-refractivity contribution in [2.24, 2.45) is 0 Å². The fourth-order valence-corrected chi connectivity index (χ4v) is 1.11. The highest BCUT2D eigenvalue weighted by Gasteiger charge is 2.16. The van der Waals surface area contributed by atoms with Gasteiger partial charge in [0.25, 0.3) is 0 Å². The first-order chi connectivity index (χ1) is 5.52. The molecule has 0 N–H and O–H groups in total. The number of nitrogens with zero attached hydrogens (tertiary/aromatic N) is 1. The molecule has 1 rings (SSSR count). The van der Waals surface area contributed by atoms with Crippen molar-refractivity contribution in [3.05, 3.63) is 38.7 Å². The lowest BCUT2D eigenvalue weighted by molar-refractivity contribution is -0.387. The second-order valence-electron chi connectivity index (χ2n) is 2.31. The van der Waals surface area contributed by atoms with E-state index in [1.165, 1.54) is 13.0 Å². The minimum atomic E-state index is -0.829. The Balaban J connectivity index is 3.37. The molecule has 0 saturated carbocycles. The first-order valence-corrected chi connectivity index (χ1v) is 3.50. The maximum absolute atomic E-state index is 12.9. The molecule has 0 bridgehead atoms. The van der Waals surface area contributed by atoms with Gasteiger partial charge in [-0.3, -0.25) is 10.1 Å². The summed E-state index contributed by atoms with van der Waals surface area (Å²) in [4.78, 5) is 9.44. The van der Waals surface area contributed by atoms with Crippen molar-refractivity contribution in [3.63, 3.8) is 0 Å². The average Bonchev–Trinajstić information content (AvgIpc) is 1.96. The number of halogens is 2. The summed E-state index contributed by atoms with van der Waals surface area (Å²) in [5.41, 5.74) is -0.408. The number of aryl methyl sites for hydroxylation is 1. The van der Waals surface area contributed by atoms with Crippen LogP contribution in [0, 0.1) is 22.9 Å². The Morgan fingerprint density at radius 1 is 1.58 bits per heavy atom. The molecule has 0 unspecified atom stereocenters. The Hall–Kier alpha value is -1.16. The number of nitro benzene ring substituents is 1. The molecule has 1 aromatic carbocycles. The van der Waals surface area contributed by atoms with Crippen molar-refractivity contribution >= 4 is 17.3 Å². The molecule has 12 heavy (non-hydrogen) atoms. The highest BCUT2D eigenvalue weighted by Crippen LogP contribution is 2.24. The zero-order valence-corrected chi connectivity index (χ0v) is 6.93. The van der Waals surface area contributed by atoms with Crippen molar-refractivity contribution in [1.82, 2.24) is 0 Å². The standard InChI is InChI=1S/C7H5ClFNO2/c1-4-2-5(8)3-6(7(4)9)10(11)12/h2-3H,1H3. The second kappa shape index (κ2) is 3.06. The summed E-state index contributed by atoms with van der Waals surface area (Å²) in [7, 11) is 0. The van der Waals surface area contributed by atoms with E-state index in [1.54, 1.807) is 0 Å². The van der Waals surface area contributed by atoms with Crippen LogP contribution in [0.4, 0.5) is 10.1 Å². The van der Waals surface area contributed by atoms with Crippen LogP contribution in [0.2, 0.25) is 5.02 Å². The number of rotatable bonds is 1. The van der Waals surface area contributed by atoms with E-state index < -0.39 is 16.4 Å². The average molecular weight is 190 g/mol. The van der Waals surface area contributed by atoms with Gasteiger partial charge in [0.2, 0.25) is 5.82 Å². The largest absolute Gasteiger partial charge is 0.306 e. The van der Waals surface area contributed by atoms with E-state index in [2.05, 4.69) is 0 Å². The lowest BCUT2D eigenvalue weighted by Crippen LogP contribution is -1.94. The molecule has 5 heteroatoms. The predicted molar refractivity (Wildman–Crippen MR) is 42.8 cm³/mol. The minimum Gasteiger partial charge on any atom is -0.258 e. The van der Waals surface area contributed by atoms with E-state index >= 15 is 0 Å². The van der Waals surface area contributed by atoms with E-state index in [4.69, 9.17) is 11.6 Å². The number of benzene rings is 1. The van der Waals surface area contributed by atoms with Gasteiger partial charge in [0.15, 0.2) is 0 Å². The lowest BCUT2D eigenvalue weighted by Gasteiger charge is -1.97. The third kappa shape index (κ3) is 1.53. The Bertz CT molecular complexity index is 340. The van der Waals surface area contributed by atoms with Gasteiger partial charge in [0.05, 0.1) is 4.92 Å². The first kappa shape index (κ1) is 8.93. The maximum Gasteiger partial charge on any atom is 0.306 e. The van der Waals surface area contributed by atoms with Gasteiger partial charge in [-0.1, -0.05) is 11.6 Å². The van der Waals surface area contributed by atoms with Crippen molar-refractivity contribution in [2.75, 3.05) is 0 Å². The van der Waals surface area contributed by atoms with Crippen LogP contribution in [0.1, 0.15) is 5.56 Å². The maximum atomic E-state index is 12.9.